The molecule has 0 aliphatic carbocycles. The van der Waals surface area contributed by atoms with Crippen molar-refractivity contribution in [3.8, 4) is 5.75 Å². The third kappa shape index (κ3) is 8.87. The molecule has 0 bridgehead atoms. The van der Waals surface area contributed by atoms with E-state index in [1.165, 1.54) is 18.2 Å². The van der Waals surface area contributed by atoms with E-state index in [0.29, 0.717) is 29.2 Å². The Labute approximate surface area is 227 Å². The molecule has 1 unspecified atom stereocenters. The standard InChI is InChI=1S/C31H34F3NO4/c1-19(2)12-28(24-14-20(3)13-21(4)15-24)35-30(38)27-17-26(10-8-23(27)9-11-29(36)37)39-18-22-6-5-7-25(16-22)31(32,33)34/h5-8,10,13-17,19,28H,9,11-12,18H2,1-4H3,(H,35,38)(H,36,37). The summed E-state index contributed by atoms with van der Waals surface area (Å²) >= 11 is 0. The van der Waals surface area contributed by atoms with Gasteiger partial charge in [0.1, 0.15) is 12.4 Å². The van der Waals surface area contributed by atoms with Gasteiger partial charge in [0.25, 0.3) is 5.91 Å². The molecule has 0 saturated heterocycles. The number of hydrogen-bond donors (Lipinski definition) is 2. The van der Waals surface area contributed by atoms with E-state index in [1.807, 2.05) is 26.0 Å². The van der Waals surface area contributed by atoms with E-state index in [0.717, 1.165) is 28.8 Å². The largest absolute Gasteiger partial charge is 0.489 e. The van der Waals surface area contributed by atoms with Crippen molar-refractivity contribution < 1.29 is 32.6 Å². The van der Waals surface area contributed by atoms with Crippen LogP contribution in [-0.4, -0.2) is 17.0 Å². The van der Waals surface area contributed by atoms with Gasteiger partial charge >= 0.3 is 12.1 Å². The number of carboxylic acids is 1. The fraction of sp³-hybridized carbons (Fsp3) is 0.355. The molecular formula is C31H34F3NO4. The van der Waals surface area contributed by atoms with Crippen LogP contribution < -0.4 is 10.1 Å². The minimum absolute atomic E-state index is 0.127. The number of carboxylic acid groups (broad SMARTS) is 1. The van der Waals surface area contributed by atoms with Crippen LogP contribution >= 0.6 is 0 Å². The fourth-order valence-electron chi connectivity index (χ4n) is 4.52. The van der Waals surface area contributed by atoms with E-state index in [2.05, 4.69) is 25.2 Å². The van der Waals surface area contributed by atoms with Crippen LogP contribution in [0.3, 0.4) is 0 Å². The molecule has 3 aromatic rings. The maximum absolute atomic E-state index is 13.6. The molecule has 0 heterocycles. The Morgan fingerprint density at radius 3 is 2.28 bits per heavy atom. The molecule has 5 nitrogen and oxygen atoms in total. The molecule has 8 heteroatoms. The number of nitrogens with one attached hydrogen (secondary N) is 1. The Hall–Kier alpha value is -3.81. The number of amides is 1. The van der Waals surface area contributed by atoms with Gasteiger partial charge in [-0.3, -0.25) is 9.59 Å². The molecule has 0 spiro atoms. The zero-order valence-corrected chi connectivity index (χ0v) is 22.6. The molecule has 0 aliphatic rings. The van der Waals surface area contributed by atoms with E-state index >= 15 is 0 Å². The first-order chi connectivity index (χ1) is 18.3. The second kappa shape index (κ2) is 12.8. The van der Waals surface area contributed by atoms with Gasteiger partial charge in [0.05, 0.1) is 11.6 Å². The Balaban J connectivity index is 1.88. The molecule has 39 heavy (non-hydrogen) atoms. The van der Waals surface area contributed by atoms with Crippen molar-refractivity contribution in [1.82, 2.24) is 5.32 Å². The van der Waals surface area contributed by atoms with Crippen molar-refractivity contribution in [3.05, 3.63) is 99.6 Å². The maximum atomic E-state index is 13.6. The monoisotopic (exact) mass is 541 g/mol. The summed E-state index contributed by atoms with van der Waals surface area (Å²) in [4.78, 5) is 24.8. The van der Waals surface area contributed by atoms with E-state index < -0.39 is 17.7 Å². The quantitative estimate of drug-likeness (QED) is 0.265. The molecule has 2 N–H and O–H groups in total. The number of aryl methyl sites for hydroxylation is 3. The third-order valence-electron chi connectivity index (χ3n) is 6.25. The predicted octanol–water partition coefficient (Wildman–Crippen LogP) is 7.44. The van der Waals surface area contributed by atoms with Crippen molar-refractivity contribution in [2.24, 2.45) is 5.92 Å². The summed E-state index contributed by atoms with van der Waals surface area (Å²) in [6, 6.07) is 15.5. The van der Waals surface area contributed by atoms with Crippen LogP contribution in [0.4, 0.5) is 13.2 Å². The second-order valence-corrected chi connectivity index (χ2v) is 10.3. The number of carbonyl (C=O) groups is 2. The normalized spacial score (nSPS) is 12.3. The number of alkyl halides is 3. The van der Waals surface area contributed by atoms with Crippen LogP contribution in [0.15, 0.2) is 60.7 Å². The molecule has 0 aromatic heterocycles. The molecule has 0 aliphatic heterocycles. The Kier molecular flexibility index (Phi) is 9.78. The summed E-state index contributed by atoms with van der Waals surface area (Å²) in [5.74, 6) is -0.767. The van der Waals surface area contributed by atoms with Gasteiger partial charge in [-0.25, -0.2) is 0 Å². The zero-order valence-electron chi connectivity index (χ0n) is 22.6. The van der Waals surface area contributed by atoms with Crippen LogP contribution in [0.2, 0.25) is 0 Å². The number of halogens is 3. The molecule has 0 radical (unpaired) electrons. The average Bonchev–Trinajstić information content (AvgIpc) is 2.84. The number of hydrogen-bond acceptors (Lipinski definition) is 3. The van der Waals surface area contributed by atoms with Crippen molar-refractivity contribution in [2.75, 3.05) is 0 Å². The van der Waals surface area contributed by atoms with Gasteiger partial charge in [-0.15, -0.1) is 0 Å². The van der Waals surface area contributed by atoms with E-state index in [4.69, 9.17) is 4.74 Å². The van der Waals surface area contributed by atoms with Crippen molar-refractivity contribution in [1.29, 1.82) is 0 Å². The summed E-state index contributed by atoms with van der Waals surface area (Å²) in [5, 5.41) is 12.3. The highest BCUT2D eigenvalue weighted by atomic mass is 19.4. The summed E-state index contributed by atoms with van der Waals surface area (Å²) in [7, 11) is 0. The lowest BCUT2D eigenvalue weighted by Gasteiger charge is -2.23. The number of benzene rings is 3. The third-order valence-corrected chi connectivity index (χ3v) is 6.25. The predicted molar refractivity (Wildman–Crippen MR) is 144 cm³/mol. The smallest absolute Gasteiger partial charge is 0.416 e. The van der Waals surface area contributed by atoms with Gasteiger partial charge in [-0.1, -0.05) is 61.4 Å². The van der Waals surface area contributed by atoms with Crippen LogP contribution in [-0.2, 0) is 24.0 Å². The van der Waals surface area contributed by atoms with Gasteiger partial charge in [-0.2, -0.15) is 13.2 Å². The lowest BCUT2D eigenvalue weighted by atomic mass is 9.93. The molecular weight excluding hydrogens is 507 g/mol. The average molecular weight is 542 g/mol. The van der Waals surface area contributed by atoms with E-state index in [9.17, 15) is 27.9 Å². The van der Waals surface area contributed by atoms with Crippen LogP contribution in [0.25, 0.3) is 0 Å². The highest BCUT2D eigenvalue weighted by molar-refractivity contribution is 5.96. The summed E-state index contributed by atoms with van der Waals surface area (Å²) < 4.78 is 45.0. The Morgan fingerprint density at radius 1 is 0.974 bits per heavy atom. The first-order valence-corrected chi connectivity index (χ1v) is 12.8. The molecule has 1 atom stereocenters. The van der Waals surface area contributed by atoms with Gasteiger partial charge in [0.15, 0.2) is 0 Å². The number of carbonyl (C=O) groups excluding carboxylic acids is 1. The van der Waals surface area contributed by atoms with Gasteiger partial charge in [0, 0.05) is 12.0 Å². The van der Waals surface area contributed by atoms with E-state index in [-0.39, 0.29) is 37.0 Å². The van der Waals surface area contributed by atoms with Crippen molar-refractivity contribution >= 4 is 11.9 Å². The minimum Gasteiger partial charge on any atom is -0.489 e. The fourth-order valence-corrected chi connectivity index (χ4v) is 4.52. The number of rotatable bonds is 11. The van der Waals surface area contributed by atoms with Crippen LogP contribution in [0.1, 0.15) is 76.5 Å². The van der Waals surface area contributed by atoms with Gasteiger partial charge in [-0.05, 0) is 73.6 Å². The van der Waals surface area contributed by atoms with Gasteiger partial charge < -0.3 is 15.2 Å². The first-order valence-electron chi connectivity index (χ1n) is 12.8. The Morgan fingerprint density at radius 2 is 1.67 bits per heavy atom. The SMILES string of the molecule is Cc1cc(C)cc(C(CC(C)C)NC(=O)c2cc(OCc3cccc(C(F)(F)F)c3)ccc2CCC(=O)O)c1. The van der Waals surface area contributed by atoms with E-state index in [1.54, 1.807) is 12.1 Å². The highest BCUT2D eigenvalue weighted by Crippen LogP contribution is 2.30. The summed E-state index contributed by atoms with van der Waals surface area (Å²) in [6.07, 6.45) is -3.78. The Bertz CT molecular complexity index is 1300. The van der Waals surface area contributed by atoms with Gasteiger partial charge in [0.2, 0.25) is 0 Å². The van der Waals surface area contributed by atoms with Crippen LogP contribution in [0, 0.1) is 19.8 Å². The molecule has 3 aromatic carbocycles. The molecule has 3 rings (SSSR count). The molecule has 0 saturated carbocycles. The molecule has 1 amide bonds. The second-order valence-electron chi connectivity index (χ2n) is 10.3. The molecule has 208 valence electrons. The van der Waals surface area contributed by atoms with Crippen molar-refractivity contribution in [2.45, 2.75) is 65.8 Å². The highest BCUT2D eigenvalue weighted by Gasteiger charge is 2.30. The summed E-state index contributed by atoms with van der Waals surface area (Å²) in [6.45, 7) is 8.02. The van der Waals surface area contributed by atoms with Crippen LogP contribution in [0.5, 0.6) is 5.75 Å². The number of aliphatic carboxylic acids is 1. The lowest BCUT2D eigenvalue weighted by Crippen LogP contribution is -2.30. The topological polar surface area (TPSA) is 75.6 Å². The summed E-state index contributed by atoms with van der Waals surface area (Å²) in [5.41, 5.74) is 3.53. The zero-order chi connectivity index (χ0) is 28.7. The maximum Gasteiger partial charge on any atom is 0.416 e. The first kappa shape index (κ1) is 29.7. The lowest BCUT2D eigenvalue weighted by molar-refractivity contribution is -0.138. The molecule has 0 fully saturated rings. The van der Waals surface area contributed by atoms with Crippen molar-refractivity contribution in [3.63, 3.8) is 0 Å². The number of ether oxygens (including phenoxy) is 1. The minimum atomic E-state index is -4.46.